The van der Waals surface area contributed by atoms with Gasteiger partial charge in [0.25, 0.3) is 0 Å². The first-order valence-electron chi connectivity index (χ1n) is 6.19. The molecule has 0 spiro atoms. The van der Waals surface area contributed by atoms with Crippen molar-refractivity contribution in [3.05, 3.63) is 23.7 Å². The highest BCUT2D eigenvalue weighted by Gasteiger charge is 2.50. The Bertz CT molecular complexity index is 460. The highest BCUT2D eigenvalue weighted by atomic mass is 16.5. The van der Waals surface area contributed by atoms with E-state index in [9.17, 15) is 9.90 Å². The monoisotopic (exact) mass is 252 g/mol. The Morgan fingerprint density at radius 2 is 2.17 bits per heavy atom. The third kappa shape index (κ3) is 2.05. The smallest absolute Gasteiger partial charge is 0.373 e. The standard InChI is InChI=1S/C14H20O4/c1-9-7-13(2,3)8-14(9,16)11-6-5-10(18-11)12(15)17-4/h5-6,9,16H,7-8H2,1-4H3. The van der Waals surface area contributed by atoms with Gasteiger partial charge in [0.05, 0.1) is 7.11 Å². The number of hydrogen-bond acceptors (Lipinski definition) is 4. The van der Waals surface area contributed by atoms with Crippen molar-refractivity contribution in [1.29, 1.82) is 0 Å². The summed E-state index contributed by atoms with van der Waals surface area (Å²) in [6, 6.07) is 3.22. The van der Waals surface area contributed by atoms with E-state index in [1.165, 1.54) is 7.11 Å². The van der Waals surface area contributed by atoms with Crippen LogP contribution >= 0.6 is 0 Å². The molecule has 2 atom stereocenters. The molecule has 1 aliphatic carbocycles. The van der Waals surface area contributed by atoms with Crippen LogP contribution in [0.2, 0.25) is 0 Å². The van der Waals surface area contributed by atoms with Crippen molar-refractivity contribution in [1.82, 2.24) is 0 Å². The van der Waals surface area contributed by atoms with Crippen LogP contribution in [-0.4, -0.2) is 18.2 Å². The number of esters is 1. The number of rotatable bonds is 2. The Balaban J connectivity index is 2.31. The Hall–Kier alpha value is -1.29. The van der Waals surface area contributed by atoms with E-state index in [1.54, 1.807) is 12.1 Å². The molecule has 1 saturated carbocycles. The van der Waals surface area contributed by atoms with E-state index in [0.717, 1.165) is 6.42 Å². The molecule has 0 aliphatic heterocycles. The van der Waals surface area contributed by atoms with Gasteiger partial charge in [-0.05, 0) is 36.3 Å². The first-order valence-corrected chi connectivity index (χ1v) is 6.19. The molecule has 2 rings (SSSR count). The largest absolute Gasteiger partial charge is 0.463 e. The van der Waals surface area contributed by atoms with Gasteiger partial charge >= 0.3 is 5.97 Å². The number of furan rings is 1. The zero-order valence-corrected chi connectivity index (χ0v) is 11.3. The lowest BCUT2D eigenvalue weighted by atomic mass is 9.87. The average Bonchev–Trinajstić information content (AvgIpc) is 2.82. The zero-order valence-electron chi connectivity index (χ0n) is 11.3. The first-order chi connectivity index (χ1) is 8.28. The highest BCUT2D eigenvalue weighted by Crippen LogP contribution is 2.52. The first kappa shape index (κ1) is 13.1. The van der Waals surface area contributed by atoms with Gasteiger partial charge in [-0.3, -0.25) is 0 Å². The Labute approximate surface area is 107 Å². The van der Waals surface area contributed by atoms with Crippen molar-refractivity contribution in [3.63, 3.8) is 0 Å². The number of aliphatic hydroxyl groups is 1. The van der Waals surface area contributed by atoms with Crippen LogP contribution in [0.4, 0.5) is 0 Å². The van der Waals surface area contributed by atoms with Crippen molar-refractivity contribution < 1.29 is 19.1 Å². The molecule has 0 radical (unpaired) electrons. The Kier molecular flexibility index (Phi) is 3.01. The second-order valence-corrected chi connectivity index (χ2v) is 6.03. The molecule has 4 nitrogen and oxygen atoms in total. The molecule has 0 bridgehead atoms. The number of hydrogen-bond donors (Lipinski definition) is 1. The van der Waals surface area contributed by atoms with Crippen LogP contribution < -0.4 is 0 Å². The van der Waals surface area contributed by atoms with Gasteiger partial charge in [-0.1, -0.05) is 20.8 Å². The minimum absolute atomic E-state index is 0.0758. The molecule has 0 aromatic carbocycles. The van der Waals surface area contributed by atoms with Crippen LogP contribution in [0.15, 0.2) is 16.5 Å². The third-order valence-electron chi connectivity index (χ3n) is 3.84. The van der Waals surface area contributed by atoms with Crippen molar-refractivity contribution in [2.24, 2.45) is 11.3 Å². The van der Waals surface area contributed by atoms with Gasteiger partial charge in [0, 0.05) is 0 Å². The van der Waals surface area contributed by atoms with E-state index in [0.29, 0.717) is 12.2 Å². The Morgan fingerprint density at radius 1 is 1.50 bits per heavy atom. The minimum atomic E-state index is -0.990. The molecule has 1 aromatic rings. The maximum atomic E-state index is 11.4. The van der Waals surface area contributed by atoms with Gasteiger partial charge in [-0.15, -0.1) is 0 Å². The maximum absolute atomic E-state index is 11.4. The molecule has 18 heavy (non-hydrogen) atoms. The maximum Gasteiger partial charge on any atom is 0.373 e. The van der Waals surface area contributed by atoms with Gasteiger partial charge in [0.1, 0.15) is 11.4 Å². The van der Waals surface area contributed by atoms with Gasteiger partial charge in [-0.25, -0.2) is 4.79 Å². The number of carbonyl (C=O) groups excluding carboxylic acids is 1. The summed E-state index contributed by atoms with van der Waals surface area (Å²) in [7, 11) is 1.31. The third-order valence-corrected chi connectivity index (χ3v) is 3.84. The molecule has 1 N–H and O–H groups in total. The minimum Gasteiger partial charge on any atom is -0.463 e. The van der Waals surface area contributed by atoms with Crippen LogP contribution in [-0.2, 0) is 10.3 Å². The predicted molar refractivity (Wildman–Crippen MR) is 66.1 cm³/mol. The summed E-state index contributed by atoms with van der Waals surface area (Å²) in [6.45, 7) is 6.27. The van der Waals surface area contributed by atoms with Crippen LogP contribution in [0.1, 0.15) is 49.9 Å². The SMILES string of the molecule is COC(=O)c1ccc(C2(O)CC(C)(C)CC2C)o1. The molecule has 4 heteroatoms. The summed E-state index contributed by atoms with van der Waals surface area (Å²) in [5.41, 5.74) is -0.915. The van der Waals surface area contributed by atoms with Gasteiger partial charge < -0.3 is 14.3 Å². The quantitative estimate of drug-likeness (QED) is 0.822. The van der Waals surface area contributed by atoms with Crippen LogP contribution in [0.5, 0.6) is 0 Å². The number of carbonyl (C=O) groups is 1. The summed E-state index contributed by atoms with van der Waals surface area (Å²) < 4.78 is 10.1. The van der Waals surface area contributed by atoms with E-state index >= 15 is 0 Å². The fourth-order valence-corrected chi connectivity index (χ4v) is 3.08. The summed E-state index contributed by atoms with van der Waals surface area (Å²) in [5.74, 6) is 0.178. The summed E-state index contributed by atoms with van der Waals surface area (Å²) in [5, 5.41) is 10.8. The van der Waals surface area contributed by atoms with Crippen molar-refractivity contribution in [2.75, 3.05) is 7.11 Å². The predicted octanol–water partition coefficient (Wildman–Crippen LogP) is 2.71. The summed E-state index contributed by atoms with van der Waals surface area (Å²) in [4.78, 5) is 11.4. The van der Waals surface area contributed by atoms with E-state index < -0.39 is 11.6 Å². The van der Waals surface area contributed by atoms with Crippen molar-refractivity contribution in [2.45, 2.75) is 39.2 Å². The fourth-order valence-electron chi connectivity index (χ4n) is 3.08. The molecule has 1 fully saturated rings. The molecule has 100 valence electrons. The highest BCUT2D eigenvalue weighted by molar-refractivity contribution is 5.86. The molecule has 1 aromatic heterocycles. The molecule has 1 heterocycles. The average molecular weight is 252 g/mol. The zero-order chi connectivity index (χ0) is 13.6. The number of ether oxygens (including phenoxy) is 1. The van der Waals surface area contributed by atoms with Crippen molar-refractivity contribution in [3.8, 4) is 0 Å². The fraction of sp³-hybridized carbons (Fsp3) is 0.643. The van der Waals surface area contributed by atoms with Crippen molar-refractivity contribution >= 4 is 5.97 Å². The lowest BCUT2D eigenvalue weighted by Crippen LogP contribution is -2.28. The van der Waals surface area contributed by atoms with E-state index in [4.69, 9.17) is 4.42 Å². The summed E-state index contributed by atoms with van der Waals surface area (Å²) >= 11 is 0. The van der Waals surface area contributed by atoms with E-state index in [-0.39, 0.29) is 17.1 Å². The molecular weight excluding hydrogens is 232 g/mol. The Morgan fingerprint density at radius 3 is 2.67 bits per heavy atom. The van der Waals surface area contributed by atoms with E-state index in [2.05, 4.69) is 18.6 Å². The summed E-state index contributed by atoms with van der Waals surface area (Å²) in [6.07, 6.45) is 1.56. The lowest BCUT2D eigenvalue weighted by Gasteiger charge is -2.26. The van der Waals surface area contributed by atoms with E-state index in [1.807, 2.05) is 6.92 Å². The second kappa shape index (κ2) is 4.12. The van der Waals surface area contributed by atoms with Crippen LogP contribution in [0, 0.1) is 11.3 Å². The van der Waals surface area contributed by atoms with Crippen LogP contribution in [0.3, 0.4) is 0 Å². The van der Waals surface area contributed by atoms with Gasteiger partial charge in [0.15, 0.2) is 0 Å². The van der Waals surface area contributed by atoms with Gasteiger partial charge in [0.2, 0.25) is 5.76 Å². The number of methoxy groups -OCH3 is 1. The molecular formula is C14H20O4. The lowest BCUT2D eigenvalue weighted by molar-refractivity contribution is -0.0217. The normalized spacial score (nSPS) is 30.4. The second-order valence-electron chi connectivity index (χ2n) is 6.03. The molecule has 0 saturated heterocycles. The van der Waals surface area contributed by atoms with Gasteiger partial charge in [-0.2, -0.15) is 0 Å². The topological polar surface area (TPSA) is 59.7 Å². The molecule has 1 aliphatic rings. The molecule has 0 amide bonds. The molecule has 2 unspecified atom stereocenters. The van der Waals surface area contributed by atoms with Crippen LogP contribution in [0.25, 0.3) is 0 Å².